The molecule has 0 atom stereocenters. The van der Waals surface area contributed by atoms with E-state index in [2.05, 4.69) is 22.1 Å². The number of carbonyl (C=O) groups is 1. The van der Waals surface area contributed by atoms with Crippen molar-refractivity contribution < 1.29 is 9.90 Å². The molecule has 1 N–H and O–H groups in total. The van der Waals surface area contributed by atoms with E-state index >= 15 is 0 Å². The van der Waals surface area contributed by atoms with E-state index in [0.29, 0.717) is 6.42 Å². The van der Waals surface area contributed by atoms with Crippen LogP contribution in [0.15, 0.2) is 72.9 Å². The largest absolute Gasteiger partial charge is 0.508 e. The van der Waals surface area contributed by atoms with Crippen molar-refractivity contribution in [2.75, 3.05) is 0 Å². The second-order valence-corrected chi connectivity index (χ2v) is 8.17. The molecular formula is C25H22N2O2S. The zero-order valence-electron chi connectivity index (χ0n) is 16.7. The number of hydrogen-bond acceptors (Lipinski definition) is 5. The molecule has 0 bridgehead atoms. The monoisotopic (exact) mass is 414 g/mol. The van der Waals surface area contributed by atoms with Gasteiger partial charge in [0, 0.05) is 23.7 Å². The van der Waals surface area contributed by atoms with Gasteiger partial charge in [-0.1, -0.05) is 30.3 Å². The van der Waals surface area contributed by atoms with Gasteiger partial charge in [0.15, 0.2) is 5.78 Å². The molecular weight excluding hydrogens is 392 g/mol. The fraction of sp³-hybridized carbons (Fsp3) is 0.160. The van der Waals surface area contributed by atoms with Gasteiger partial charge in [0.1, 0.15) is 10.8 Å². The van der Waals surface area contributed by atoms with Crippen LogP contribution in [0.3, 0.4) is 0 Å². The summed E-state index contributed by atoms with van der Waals surface area (Å²) in [6.07, 6.45) is 4.04. The molecule has 0 aliphatic heterocycles. The zero-order chi connectivity index (χ0) is 20.9. The predicted octanol–water partition coefficient (Wildman–Crippen LogP) is 6.09. The third-order valence-corrected chi connectivity index (χ3v) is 6.18. The number of thiazole rings is 1. The standard InChI is InChI=1S/C25H22N2O2S/c1-17-24(23(29)9-5-8-18-6-3-2-4-7-18)30-25(27-17)20-12-15-22(26-16-20)19-10-13-21(28)14-11-19/h2-4,6-7,10-16,28H,5,8-9H2,1H3. The molecule has 0 unspecified atom stereocenters. The number of ketones is 1. The summed E-state index contributed by atoms with van der Waals surface area (Å²) in [5.74, 6) is 0.385. The Balaban J connectivity index is 1.44. The maximum absolute atomic E-state index is 12.7. The van der Waals surface area contributed by atoms with Crippen LogP contribution in [0.5, 0.6) is 5.75 Å². The molecule has 0 amide bonds. The highest BCUT2D eigenvalue weighted by molar-refractivity contribution is 7.17. The summed E-state index contributed by atoms with van der Waals surface area (Å²) in [4.78, 5) is 22.6. The Morgan fingerprint density at radius 2 is 1.70 bits per heavy atom. The Hall–Kier alpha value is -3.31. The first-order valence-electron chi connectivity index (χ1n) is 9.90. The van der Waals surface area contributed by atoms with Crippen LogP contribution in [0.25, 0.3) is 21.8 Å². The smallest absolute Gasteiger partial charge is 0.174 e. The fourth-order valence-corrected chi connectivity index (χ4v) is 4.34. The average Bonchev–Trinajstić information content (AvgIpc) is 3.17. The Labute approximate surface area is 179 Å². The highest BCUT2D eigenvalue weighted by atomic mass is 32.1. The van der Waals surface area contributed by atoms with Crippen LogP contribution in [0.4, 0.5) is 0 Å². The minimum atomic E-state index is 0.154. The van der Waals surface area contributed by atoms with Crippen LogP contribution in [0, 0.1) is 6.92 Å². The van der Waals surface area contributed by atoms with E-state index in [1.807, 2.05) is 49.4 Å². The van der Waals surface area contributed by atoms with E-state index in [4.69, 9.17) is 0 Å². The molecule has 2 aromatic heterocycles. The molecule has 0 aliphatic carbocycles. The van der Waals surface area contributed by atoms with E-state index in [1.54, 1.807) is 18.3 Å². The summed E-state index contributed by atoms with van der Waals surface area (Å²) in [7, 11) is 0. The summed E-state index contributed by atoms with van der Waals surface area (Å²) in [5, 5.41) is 10.2. The van der Waals surface area contributed by atoms with Crippen molar-refractivity contribution in [3.8, 4) is 27.6 Å². The van der Waals surface area contributed by atoms with Gasteiger partial charge in [-0.3, -0.25) is 9.78 Å². The first-order valence-corrected chi connectivity index (χ1v) is 10.7. The van der Waals surface area contributed by atoms with Crippen LogP contribution in [-0.4, -0.2) is 20.9 Å². The van der Waals surface area contributed by atoms with Gasteiger partial charge in [-0.15, -0.1) is 11.3 Å². The second kappa shape index (κ2) is 9.01. The number of nitrogens with zero attached hydrogens (tertiary/aromatic N) is 2. The number of aromatic hydroxyl groups is 1. The topological polar surface area (TPSA) is 63.1 Å². The lowest BCUT2D eigenvalue weighted by molar-refractivity contribution is 0.0983. The van der Waals surface area contributed by atoms with Crippen molar-refractivity contribution in [1.82, 2.24) is 9.97 Å². The van der Waals surface area contributed by atoms with Gasteiger partial charge in [-0.25, -0.2) is 4.98 Å². The van der Waals surface area contributed by atoms with Crippen LogP contribution >= 0.6 is 11.3 Å². The molecule has 0 saturated heterocycles. The van der Waals surface area contributed by atoms with E-state index in [9.17, 15) is 9.90 Å². The minimum Gasteiger partial charge on any atom is -0.508 e. The van der Waals surface area contributed by atoms with E-state index < -0.39 is 0 Å². The van der Waals surface area contributed by atoms with Gasteiger partial charge in [0.2, 0.25) is 0 Å². The van der Waals surface area contributed by atoms with Gasteiger partial charge in [-0.2, -0.15) is 0 Å². The van der Waals surface area contributed by atoms with Gasteiger partial charge >= 0.3 is 0 Å². The molecule has 150 valence electrons. The molecule has 0 fully saturated rings. The quantitative estimate of drug-likeness (QED) is 0.372. The fourth-order valence-electron chi connectivity index (χ4n) is 3.31. The van der Waals surface area contributed by atoms with Crippen LogP contribution < -0.4 is 0 Å². The normalized spacial score (nSPS) is 10.8. The lowest BCUT2D eigenvalue weighted by atomic mass is 10.1. The summed E-state index contributed by atoms with van der Waals surface area (Å²) >= 11 is 1.44. The maximum Gasteiger partial charge on any atom is 0.174 e. The van der Waals surface area contributed by atoms with Crippen molar-refractivity contribution in [2.24, 2.45) is 0 Å². The lowest BCUT2D eigenvalue weighted by Crippen LogP contribution is -1.99. The molecule has 4 nitrogen and oxygen atoms in total. The predicted molar refractivity (Wildman–Crippen MR) is 121 cm³/mol. The van der Waals surface area contributed by atoms with E-state index in [1.165, 1.54) is 16.9 Å². The van der Waals surface area contributed by atoms with E-state index in [-0.39, 0.29) is 11.5 Å². The molecule has 2 aromatic carbocycles. The SMILES string of the molecule is Cc1nc(-c2ccc(-c3ccc(O)cc3)nc2)sc1C(=O)CCCc1ccccc1. The van der Waals surface area contributed by atoms with Crippen molar-refractivity contribution in [2.45, 2.75) is 26.2 Å². The van der Waals surface area contributed by atoms with Gasteiger partial charge in [0.05, 0.1) is 16.3 Å². The number of phenols is 1. The number of benzene rings is 2. The average molecular weight is 415 g/mol. The Kier molecular flexibility index (Phi) is 6.00. The number of hydrogen-bond donors (Lipinski definition) is 1. The number of carbonyl (C=O) groups excluding carboxylic acids is 1. The highest BCUT2D eigenvalue weighted by Gasteiger charge is 2.16. The second-order valence-electron chi connectivity index (χ2n) is 7.17. The zero-order valence-corrected chi connectivity index (χ0v) is 17.5. The first-order chi connectivity index (χ1) is 14.6. The first kappa shape index (κ1) is 20.0. The lowest BCUT2D eigenvalue weighted by Gasteiger charge is -2.02. The summed E-state index contributed by atoms with van der Waals surface area (Å²) in [6, 6.07) is 21.1. The van der Waals surface area contributed by atoms with Crippen molar-refractivity contribution >= 4 is 17.1 Å². The minimum absolute atomic E-state index is 0.154. The van der Waals surface area contributed by atoms with E-state index in [0.717, 1.165) is 45.2 Å². The number of aryl methyl sites for hydroxylation is 2. The van der Waals surface area contributed by atoms with Gasteiger partial charge in [-0.05, 0) is 61.7 Å². The molecule has 2 heterocycles. The number of pyridine rings is 1. The number of rotatable bonds is 7. The molecule has 0 spiro atoms. The number of aromatic nitrogens is 2. The van der Waals surface area contributed by atoms with Gasteiger partial charge < -0.3 is 5.11 Å². The van der Waals surface area contributed by atoms with Crippen LogP contribution in [0.1, 0.15) is 33.8 Å². The summed E-state index contributed by atoms with van der Waals surface area (Å²) < 4.78 is 0. The molecule has 5 heteroatoms. The third-order valence-electron chi connectivity index (χ3n) is 4.94. The molecule has 0 saturated carbocycles. The number of phenolic OH excluding ortho intramolecular Hbond substituents is 1. The van der Waals surface area contributed by atoms with Crippen LogP contribution in [-0.2, 0) is 6.42 Å². The van der Waals surface area contributed by atoms with Crippen LogP contribution in [0.2, 0.25) is 0 Å². The molecule has 4 aromatic rings. The molecule has 0 radical (unpaired) electrons. The summed E-state index contributed by atoms with van der Waals surface area (Å²) in [5.41, 5.74) is 4.69. The van der Waals surface area contributed by atoms with Gasteiger partial charge in [0.25, 0.3) is 0 Å². The van der Waals surface area contributed by atoms with Crippen molar-refractivity contribution in [1.29, 1.82) is 0 Å². The molecule has 4 rings (SSSR count). The Morgan fingerprint density at radius 1 is 0.967 bits per heavy atom. The maximum atomic E-state index is 12.7. The Bertz CT molecular complexity index is 1130. The summed E-state index contributed by atoms with van der Waals surface area (Å²) in [6.45, 7) is 1.89. The molecule has 0 aliphatic rings. The third kappa shape index (κ3) is 4.63. The van der Waals surface area contributed by atoms with Crippen molar-refractivity contribution in [3.05, 3.63) is 89.1 Å². The number of Topliss-reactive ketones (excluding diaryl/α,β-unsaturated/α-hetero) is 1. The highest BCUT2D eigenvalue weighted by Crippen LogP contribution is 2.30. The van der Waals surface area contributed by atoms with Crippen molar-refractivity contribution in [3.63, 3.8) is 0 Å². The Morgan fingerprint density at radius 3 is 2.40 bits per heavy atom. The molecule has 30 heavy (non-hydrogen) atoms.